The Kier molecular flexibility index (Phi) is 5.74. The maximum atomic E-state index is 12.6. The Morgan fingerprint density at radius 2 is 1.79 bits per heavy atom. The van der Waals surface area contributed by atoms with Crippen LogP contribution in [0.15, 0.2) is 59.8 Å². The van der Waals surface area contributed by atoms with Crippen molar-refractivity contribution in [3.63, 3.8) is 0 Å². The van der Waals surface area contributed by atoms with E-state index in [9.17, 15) is 13.2 Å². The average molecular weight is 413 g/mol. The van der Waals surface area contributed by atoms with Gasteiger partial charge in [0.2, 0.25) is 0 Å². The molecule has 7 nitrogen and oxygen atoms in total. The zero-order chi connectivity index (χ0) is 21.2. The summed E-state index contributed by atoms with van der Waals surface area (Å²) in [5.74, 6) is -0.155. The van der Waals surface area contributed by atoms with Crippen molar-refractivity contribution in [2.75, 3.05) is 11.8 Å². The number of sulfonamides is 1. The lowest BCUT2D eigenvalue weighted by Gasteiger charge is -2.16. The largest absolute Gasteiger partial charge is 0.337 e. The van der Waals surface area contributed by atoms with E-state index in [0.717, 1.165) is 16.7 Å². The lowest BCUT2D eigenvalue weighted by molar-refractivity contribution is 0.0785. The minimum atomic E-state index is -3.70. The first kappa shape index (κ1) is 20.6. The molecule has 1 aromatic heterocycles. The highest BCUT2D eigenvalue weighted by molar-refractivity contribution is 7.92. The molecule has 0 radical (unpaired) electrons. The van der Waals surface area contributed by atoms with E-state index >= 15 is 0 Å². The van der Waals surface area contributed by atoms with Gasteiger partial charge in [0.15, 0.2) is 0 Å². The van der Waals surface area contributed by atoms with E-state index in [1.165, 1.54) is 0 Å². The Hall–Kier alpha value is -3.13. The molecule has 0 spiro atoms. The van der Waals surface area contributed by atoms with Gasteiger partial charge in [-0.3, -0.25) is 14.2 Å². The first-order chi connectivity index (χ1) is 13.7. The minimum absolute atomic E-state index is 0.155. The van der Waals surface area contributed by atoms with E-state index in [0.29, 0.717) is 17.8 Å². The number of benzene rings is 2. The highest BCUT2D eigenvalue weighted by Gasteiger charge is 2.16. The number of anilines is 1. The van der Waals surface area contributed by atoms with Gasteiger partial charge in [-0.05, 0) is 61.4 Å². The molecule has 0 saturated carbocycles. The molecule has 0 aliphatic heterocycles. The Balaban J connectivity index is 1.70. The average Bonchev–Trinajstić information content (AvgIpc) is 3.08. The van der Waals surface area contributed by atoms with Crippen LogP contribution in [0.1, 0.15) is 27.0 Å². The van der Waals surface area contributed by atoms with Crippen molar-refractivity contribution in [1.82, 2.24) is 14.7 Å². The van der Waals surface area contributed by atoms with Crippen molar-refractivity contribution in [2.24, 2.45) is 7.05 Å². The molecule has 1 heterocycles. The number of carbonyl (C=O) groups is 1. The topological polar surface area (TPSA) is 84.3 Å². The molecule has 0 aliphatic carbocycles. The first-order valence-electron chi connectivity index (χ1n) is 9.09. The molecule has 0 fully saturated rings. The van der Waals surface area contributed by atoms with E-state index < -0.39 is 10.0 Å². The molecule has 0 saturated heterocycles. The molecule has 0 unspecified atom stereocenters. The van der Waals surface area contributed by atoms with Crippen LogP contribution in [0.5, 0.6) is 0 Å². The second-order valence-electron chi connectivity index (χ2n) is 7.11. The fourth-order valence-electron chi connectivity index (χ4n) is 2.90. The standard InChI is InChI=1S/C21H24N4O3S/c1-15-5-10-20(11-16(15)2)29(27,28)23-19-8-6-18(7-9-19)21(26)24(3)13-17-12-22-25(4)14-17/h5-12,14,23H,13H2,1-4H3. The molecule has 0 aliphatic rings. The van der Waals surface area contributed by atoms with Gasteiger partial charge in [0.25, 0.3) is 15.9 Å². The van der Waals surface area contributed by atoms with Gasteiger partial charge in [-0.25, -0.2) is 8.42 Å². The number of aromatic nitrogens is 2. The normalized spacial score (nSPS) is 11.3. The first-order valence-corrected chi connectivity index (χ1v) is 10.6. The lowest BCUT2D eigenvalue weighted by Crippen LogP contribution is -2.26. The van der Waals surface area contributed by atoms with Gasteiger partial charge in [-0.15, -0.1) is 0 Å². The van der Waals surface area contributed by atoms with Crippen LogP contribution in [0, 0.1) is 13.8 Å². The predicted octanol–water partition coefficient (Wildman–Crippen LogP) is 3.11. The van der Waals surface area contributed by atoms with Crippen molar-refractivity contribution >= 4 is 21.6 Å². The van der Waals surface area contributed by atoms with Crippen LogP contribution < -0.4 is 4.72 Å². The fourth-order valence-corrected chi connectivity index (χ4v) is 4.04. The molecule has 0 atom stereocenters. The van der Waals surface area contributed by atoms with Gasteiger partial charge in [-0.1, -0.05) is 6.07 Å². The summed E-state index contributed by atoms with van der Waals surface area (Å²) >= 11 is 0. The zero-order valence-corrected chi connectivity index (χ0v) is 17.7. The number of hydrogen-bond acceptors (Lipinski definition) is 4. The van der Waals surface area contributed by atoms with E-state index in [4.69, 9.17) is 0 Å². The number of carbonyl (C=O) groups excluding carboxylic acids is 1. The van der Waals surface area contributed by atoms with Crippen LogP contribution in [-0.4, -0.2) is 36.1 Å². The van der Waals surface area contributed by atoms with Crippen LogP contribution in [0.2, 0.25) is 0 Å². The number of nitrogens with zero attached hydrogens (tertiary/aromatic N) is 3. The summed E-state index contributed by atoms with van der Waals surface area (Å²) in [5, 5.41) is 4.10. The van der Waals surface area contributed by atoms with Crippen LogP contribution >= 0.6 is 0 Å². The lowest BCUT2D eigenvalue weighted by atomic mass is 10.1. The molecule has 8 heteroatoms. The van der Waals surface area contributed by atoms with Crippen molar-refractivity contribution in [1.29, 1.82) is 0 Å². The highest BCUT2D eigenvalue weighted by Crippen LogP contribution is 2.20. The number of rotatable bonds is 6. The summed E-state index contributed by atoms with van der Waals surface area (Å²) in [6, 6.07) is 11.4. The van der Waals surface area contributed by atoms with E-state index in [1.807, 2.05) is 27.1 Å². The summed E-state index contributed by atoms with van der Waals surface area (Å²) in [7, 11) is -0.159. The Labute approximate surface area is 171 Å². The van der Waals surface area contributed by atoms with Crippen molar-refractivity contribution in [3.05, 3.63) is 77.1 Å². The van der Waals surface area contributed by atoms with Gasteiger partial charge in [-0.2, -0.15) is 5.10 Å². The number of nitrogens with one attached hydrogen (secondary N) is 1. The van der Waals surface area contributed by atoms with Crippen molar-refractivity contribution in [3.8, 4) is 0 Å². The summed E-state index contributed by atoms with van der Waals surface area (Å²) in [4.78, 5) is 14.4. The third-order valence-corrected chi connectivity index (χ3v) is 6.08. The molecule has 1 N–H and O–H groups in total. The molecule has 2 aromatic carbocycles. The van der Waals surface area contributed by atoms with Gasteiger partial charge < -0.3 is 4.90 Å². The highest BCUT2D eigenvalue weighted by atomic mass is 32.2. The molecular weight excluding hydrogens is 388 g/mol. The molecule has 152 valence electrons. The quantitative estimate of drug-likeness (QED) is 0.674. The van der Waals surface area contributed by atoms with Crippen LogP contribution in [0.4, 0.5) is 5.69 Å². The van der Waals surface area contributed by atoms with Crippen LogP contribution in [0.3, 0.4) is 0 Å². The number of amides is 1. The van der Waals surface area contributed by atoms with Crippen LogP contribution in [-0.2, 0) is 23.6 Å². The van der Waals surface area contributed by atoms with Crippen LogP contribution in [0.25, 0.3) is 0 Å². The minimum Gasteiger partial charge on any atom is -0.337 e. The second kappa shape index (κ2) is 8.08. The SMILES string of the molecule is Cc1ccc(S(=O)(=O)Nc2ccc(C(=O)N(C)Cc3cnn(C)c3)cc2)cc1C. The van der Waals surface area contributed by atoms with E-state index in [2.05, 4.69) is 9.82 Å². The summed E-state index contributed by atoms with van der Waals surface area (Å²) in [5.41, 5.74) is 3.74. The summed E-state index contributed by atoms with van der Waals surface area (Å²) in [6.07, 6.45) is 3.57. The summed E-state index contributed by atoms with van der Waals surface area (Å²) < 4.78 is 29.4. The third-order valence-electron chi connectivity index (χ3n) is 4.70. The summed E-state index contributed by atoms with van der Waals surface area (Å²) in [6.45, 7) is 4.24. The number of aryl methyl sites for hydroxylation is 3. The van der Waals surface area contributed by atoms with E-state index in [1.54, 1.807) is 65.3 Å². The van der Waals surface area contributed by atoms with E-state index in [-0.39, 0.29) is 10.8 Å². The van der Waals surface area contributed by atoms with Gasteiger partial charge in [0, 0.05) is 43.7 Å². The zero-order valence-electron chi connectivity index (χ0n) is 16.9. The fraction of sp³-hybridized carbons (Fsp3) is 0.238. The molecule has 3 aromatic rings. The molecule has 0 bridgehead atoms. The smallest absolute Gasteiger partial charge is 0.261 e. The van der Waals surface area contributed by atoms with Crippen molar-refractivity contribution in [2.45, 2.75) is 25.3 Å². The third kappa shape index (κ3) is 4.83. The Morgan fingerprint density at radius 1 is 1.10 bits per heavy atom. The van der Waals surface area contributed by atoms with Crippen molar-refractivity contribution < 1.29 is 13.2 Å². The molecular formula is C21H24N4O3S. The monoisotopic (exact) mass is 412 g/mol. The van der Waals surface area contributed by atoms with Gasteiger partial charge in [0.05, 0.1) is 11.1 Å². The maximum absolute atomic E-state index is 12.6. The maximum Gasteiger partial charge on any atom is 0.261 e. The molecule has 29 heavy (non-hydrogen) atoms. The predicted molar refractivity (Wildman–Crippen MR) is 112 cm³/mol. The molecule has 1 amide bonds. The van der Waals surface area contributed by atoms with Gasteiger partial charge >= 0.3 is 0 Å². The second-order valence-corrected chi connectivity index (χ2v) is 8.79. The Bertz CT molecular complexity index is 1130. The number of hydrogen-bond donors (Lipinski definition) is 1. The van der Waals surface area contributed by atoms with Gasteiger partial charge in [0.1, 0.15) is 0 Å². The molecule has 3 rings (SSSR count). The Morgan fingerprint density at radius 3 is 2.38 bits per heavy atom.